The van der Waals surface area contributed by atoms with Crippen LogP contribution in [0.5, 0.6) is 5.75 Å². The molecule has 3 nitrogen and oxygen atoms in total. The van der Waals surface area contributed by atoms with E-state index in [0.29, 0.717) is 17.9 Å². The minimum Gasteiger partial charge on any atom is -0.488 e. The predicted molar refractivity (Wildman–Crippen MR) is 82.5 cm³/mol. The van der Waals surface area contributed by atoms with Gasteiger partial charge in [0.05, 0.1) is 11.1 Å². The summed E-state index contributed by atoms with van der Waals surface area (Å²) in [5.74, 6) is 0.621. The van der Waals surface area contributed by atoms with Gasteiger partial charge in [0.1, 0.15) is 12.4 Å². The third kappa shape index (κ3) is 2.77. The van der Waals surface area contributed by atoms with Gasteiger partial charge in [-0.1, -0.05) is 30.3 Å². The van der Waals surface area contributed by atoms with Crippen molar-refractivity contribution in [2.45, 2.75) is 13.5 Å². The lowest BCUT2D eigenvalue weighted by molar-refractivity contribution is 0.101. The number of ketones is 1. The van der Waals surface area contributed by atoms with Crippen LogP contribution < -0.4 is 4.74 Å². The van der Waals surface area contributed by atoms with Crippen molar-refractivity contribution in [2.75, 3.05) is 0 Å². The fraction of sp³-hybridized carbons (Fsp3) is 0.111. The van der Waals surface area contributed by atoms with Gasteiger partial charge >= 0.3 is 0 Å². The number of fused-ring (bicyclic) bond motifs is 1. The number of carbonyl (C=O) groups is 1. The highest BCUT2D eigenvalue weighted by Crippen LogP contribution is 2.22. The number of hydrogen-bond acceptors (Lipinski definition) is 3. The highest BCUT2D eigenvalue weighted by atomic mass is 16.5. The number of carbonyl (C=O) groups excluding carboxylic acids is 1. The summed E-state index contributed by atoms with van der Waals surface area (Å²) in [5.41, 5.74) is 2.60. The van der Waals surface area contributed by atoms with E-state index in [4.69, 9.17) is 4.74 Å². The molecular weight excluding hydrogens is 262 g/mol. The molecule has 0 saturated carbocycles. The van der Waals surface area contributed by atoms with Crippen LogP contribution in [0, 0.1) is 0 Å². The third-order valence-electron chi connectivity index (χ3n) is 3.39. The lowest BCUT2D eigenvalue weighted by atomic mass is 10.1. The first-order chi connectivity index (χ1) is 10.3. The molecule has 1 aromatic heterocycles. The summed E-state index contributed by atoms with van der Waals surface area (Å²) in [6.07, 6.45) is 1.78. The third-order valence-corrected chi connectivity index (χ3v) is 3.39. The predicted octanol–water partition coefficient (Wildman–Crippen LogP) is 4.02. The van der Waals surface area contributed by atoms with Gasteiger partial charge in [-0.3, -0.25) is 9.78 Å². The molecule has 3 aromatic rings. The zero-order valence-corrected chi connectivity index (χ0v) is 11.7. The number of rotatable bonds is 4. The molecular formula is C18H15NO2. The van der Waals surface area contributed by atoms with Crippen molar-refractivity contribution in [2.24, 2.45) is 0 Å². The molecule has 0 saturated heterocycles. The van der Waals surface area contributed by atoms with Crippen LogP contribution >= 0.6 is 0 Å². The Morgan fingerprint density at radius 2 is 1.81 bits per heavy atom. The van der Waals surface area contributed by atoms with E-state index in [-0.39, 0.29) is 5.78 Å². The van der Waals surface area contributed by atoms with Crippen molar-refractivity contribution >= 4 is 16.7 Å². The second kappa shape index (κ2) is 5.75. The molecule has 0 aliphatic rings. The summed E-state index contributed by atoms with van der Waals surface area (Å²) in [5, 5.41) is 1.07. The van der Waals surface area contributed by atoms with Gasteiger partial charge in [-0.2, -0.15) is 0 Å². The standard InChI is InChI=1S/C18H15NO2/c1-13(20)15-6-3-5-9-18(15)21-12-14-10-11-19-17-8-4-2-7-16(14)17/h2-11H,12H2,1H3. The summed E-state index contributed by atoms with van der Waals surface area (Å²) >= 11 is 0. The zero-order chi connectivity index (χ0) is 14.7. The SMILES string of the molecule is CC(=O)c1ccccc1OCc1ccnc2ccccc12. The van der Waals surface area contributed by atoms with E-state index in [1.165, 1.54) is 0 Å². The Bertz CT molecular complexity index is 791. The molecule has 0 unspecified atom stereocenters. The normalized spacial score (nSPS) is 10.5. The van der Waals surface area contributed by atoms with Crippen LogP contribution in [-0.2, 0) is 6.61 Å². The maximum Gasteiger partial charge on any atom is 0.163 e. The summed E-state index contributed by atoms with van der Waals surface area (Å²) in [6, 6.07) is 17.2. The second-order valence-electron chi connectivity index (χ2n) is 4.83. The van der Waals surface area contributed by atoms with Gasteiger partial charge in [0.25, 0.3) is 0 Å². The highest BCUT2D eigenvalue weighted by molar-refractivity contribution is 5.96. The van der Waals surface area contributed by atoms with Crippen LogP contribution in [0.1, 0.15) is 22.8 Å². The average Bonchev–Trinajstić information content (AvgIpc) is 2.53. The van der Waals surface area contributed by atoms with Crippen LogP contribution in [0.3, 0.4) is 0 Å². The molecule has 1 heterocycles. The van der Waals surface area contributed by atoms with Gasteiger partial charge in [-0.05, 0) is 31.2 Å². The first-order valence-electron chi connectivity index (χ1n) is 6.81. The van der Waals surface area contributed by atoms with Gasteiger partial charge in [0.15, 0.2) is 5.78 Å². The van der Waals surface area contributed by atoms with E-state index in [0.717, 1.165) is 16.5 Å². The summed E-state index contributed by atoms with van der Waals surface area (Å²) in [6.45, 7) is 1.96. The fourth-order valence-electron chi connectivity index (χ4n) is 2.32. The van der Waals surface area contributed by atoms with Crippen LogP contribution in [0.15, 0.2) is 60.8 Å². The van der Waals surface area contributed by atoms with Crippen molar-refractivity contribution in [3.63, 3.8) is 0 Å². The van der Waals surface area contributed by atoms with Crippen LogP contribution in [0.25, 0.3) is 10.9 Å². The lowest BCUT2D eigenvalue weighted by Gasteiger charge is -2.11. The van der Waals surface area contributed by atoms with Gasteiger partial charge in [0.2, 0.25) is 0 Å². The molecule has 2 aromatic carbocycles. The smallest absolute Gasteiger partial charge is 0.163 e. The zero-order valence-electron chi connectivity index (χ0n) is 11.7. The van der Waals surface area contributed by atoms with Crippen molar-refractivity contribution in [1.29, 1.82) is 0 Å². The lowest BCUT2D eigenvalue weighted by Crippen LogP contribution is -2.02. The minimum absolute atomic E-state index is 0.00480. The van der Waals surface area contributed by atoms with Crippen molar-refractivity contribution in [1.82, 2.24) is 4.98 Å². The Morgan fingerprint density at radius 1 is 1.05 bits per heavy atom. The van der Waals surface area contributed by atoms with E-state index in [9.17, 15) is 4.79 Å². The van der Waals surface area contributed by atoms with E-state index < -0.39 is 0 Å². The van der Waals surface area contributed by atoms with Gasteiger partial charge in [0, 0.05) is 17.1 Å². The second-order valence-corrected chi connectivity index (χ2v) is 4.83. The maximum absolute atomic E-state index is 11.6. The molecule has 0 bridgehead atoms. The number of aromatic nitrogens is 1. The molecule has 0 radical (unpaired) electrons. The first-order valence-corrected chi connectivity index (χ1v) is 6.81. The van der Waals surface area contributed by atoms with Crippen molar-refractivity contribution in [3.8, 4) is 5.75 Å². The molecule has 3 rings (SSSR count). The fourth-order valence-corrected chi connectivity index (χ4v) is 2.32. The Balaban J connectivity index is 1.89. The average molecular weight is 277 g/mol. The number of para-hydroxylation sites is 2. The summed E-state index contributed by atoms with van der Waals surface area (Å²) in [4.78, 5) is 15.9. The molecule has 0 fully saturated rings. The maximum atomic E-state index is 11.6. The van der Waals surface area contributed by atoms with E-state index in [2.05, 4.69) is 4.98 Å². The van der Waals surface area contributed by atoms with E-state index >= 15 is 0 Å². The molecule has 0 spiro atoms. The Morgan fingerprint density at radius 3 is 2.67 bits per heavy atom. The number of nitrogens with zero attached hydrogens (tertiary/aromatic N) is 1. The Hall–Kier alpha value is -2.68. The van der Waals surface area contributed by atoms with E-state index in [1.54, 1.807) is 19.2 Å². The quantitative estimate of drug-likeness (QED) is 0.676. The monoisotopic (exact) mass is 277 g/mol. The number of pyridine rings is 1. The Labute approximate surface area is 123 Å². The van der Waals surface area contributed by atoms with Crippen LogP contribution in [0.4, 0.5) is 0 Å². The summed E-state index contributed by atoms with van der Waals surface area (Å²) < 4.78 is 5.84. The minimum atomic E-state index is 0.00480. The topological polar surface area (TPSA) is 39.2 Å². The molecule has 0 atom stereocenters. The number of benzene rings is 2. The van der Waals surface area contributed by atoms with E-state index in [1.807, 2.05) is 48.5 Å². The molecule has 3 heteroatoms. The summed E-state index contributed by atoms with van der Waals surface area (Å²) in [7, 11) is 0. The van der Waals surface area contributed by atoms with Crippen molar-refractivity contribution < 1.29 is 9.53 Å². The largest absolute Gasteiger partial charge is 0.488 e. The van der Waals surface area contributed by atoms with Crippen molar-refractivity contribution in [3.05, 3.63) is 71.9 Å². The highest BCUT2D eigenvalue weighted by Gasteiger charge is 2.08. The number of ether oxygens (including phenoxy) is 1. The molecule has 0 aliphatic carbocycles. The number of hydrogen-bond donors (Lipinski definition) is 0. The Kier molecular flexibility index (Phi) is 3.65. The van der Waals surface area contributed by atoms with Gasteiger partial charge in [-0.25, -0.2) is 0 Å². The van der Waals surface area contributed by atoms with Crippen LogP contribution in [-0.4, -0.2) is 10.8 Å². The molecule has 0 amide bonds. The molecule has 104 valence electrons. The van der Waals surface area contributed by atoms with Gasteiger partial charge < -0.3 is 4.74 Å². The first kappa shape index (κ1) is 13.3. The number of Topliss-reactive ketones (excluding diaryl/α,β-unsaturated/α-hetero) is 1. The van der Waals surface area contributed by atoms with Gasteiger partial charge in [-0.15, -0.1) is 0 Å². The molecule has 0 N–H and O–H groups in total. The molecule has 21 heavy (non-hydrogen) atoms. The van der Waals surface area contributed by atoms with Crippen LogP contribution in [0.2, 0.25) is 0 Å². The molecule has 0 aliphatic heterocycles.